The molecule has 0 unspecified atom stereocenters. The van der Waals surface area contributed by atoms with Gasteiger partial charge in [-0.3, -0.25) is 14.8 Å². The van der Waals surface area contributed by atoms with Gasteiger partial charge in [0.15, 0.2) is 0 Å². The van der Waals surface area contributed by atoms with Crippen molar-refractivity contribution in [2.24, 2.45) is 0 Å². The second kappa shape index (κ2) is 6.24. The lowest BCUT2D eigenvalue weighted by Crippen LogP contribution is -2.37. The number of para-hydroxylation sites is 1. The lowest BCUT2D eigenvalue weighted by atomic mass is 10.1. The van der Waals surface area contributed by atoms with Crippen molar-refractivity contribution >= 4 is 16.9 Å². The summed E-state index contributed by atoms with van der Waals surface area (Å²) in [7, 11) is 1.62. The average molecular weight is 259 g/mol. The quantitative estimate of drug-likeness (QED) is 0.889. The summed E-state index contributed by atoms with van der Waals surface area (Å²) in [5.74, 6) is -0.144. The fraction of sp³-hybridized carbons (Fsp3) is 0.357. The van der Waals surface area contributed by atoms with Gasteiger partial charge in [-0.2, -0.15) is 0 Å². The fourth-order valence-corrected chi connectivity index (χ4v) is 1.90. The minimum absolute atomic E-state index is 0.00410. The molecule has 5 heteroatoms. The lowest BCUT2D eigenvalue weighted by molar-refractivity contribution is 0.0896. The van der Waals surface area contributed by atoms with E-state index in [-0.39, 0.29) is 11.9 Å². The van der Waals surface area contributed by atoms with Crippen molar-refractivity contribution in [3.8, 4) is 0 Å². The van der Waals surface area contributed by atoms with Crippen LogP contribution in [0.1, 0.15) is 23.7 Å². The topological polar surface area (TPSA) is 64.1 Å². The van der Waals surface area contributed by atoms with Crippen molar-refractivity contribution in [3.05, 3.63) is 36.2 Å². The van der Waals surface area contributed by atoms with E-state index in [0.29, 0.717) is 17.7 Å². The zero-order chi connectivity index (χ0) is 13.7. The van der Waals surface area contributed by atoms with E-state index in [1.165, 1.54) is 0 Å². The zero-order valence-electron chi connectivity index (χ0n) is 11.1. The van der Waals surface area contributed by atoms with E-state index in [4.69, 9.17) is 4.74 Å². The molecule has 5 nitrogen and oxygen atoms in total. The molecule has 0 radical (unpaired) electrons. The Balaban J connectivity index is 2.26. The van der Waals surface area contributed by atoms with Gasteiger partial charge in [0, 0.05) is 19.5 Å². The number of nitrogens with one attached hydrogen (secondary N) is 1. The number of aromatic nitrogens is 2. The summed E-state index contributed by atoms with van der Waals surface area (Å²) in [5, 5.41) is 2.94. The summed E-state index contributed by atoms with van der Waals surface area (Å²) < 4.78 is 5.08. The number of hydrogen-bond donors (Lipinski definition) is 1. The average Bonchev–Trinajstić information content (AvgIpc) is 2.46. The highest BCUT2D eigenvalue weighted by Crippen LogP contribution is 2.13. The highest BCUT2D eigenvalue weighted by molar-refractivity contribution is 6.04. The Kier molecular flexibility index (Phi) is 4.41. The molecule has 0 saturated carbocycles. The van der Waals surface area contributed by atoms with Crippen LogP contribution in [0.5, 0.6) is 0 Å². The molecule has 1 amide bonds. The van der Waals surface area contributed by atoms with Crippen molar-refractivity contribution in [1.29, 1.82) is 0 Å². The molecule has 0 saturated heterocycles. The molecule has 0 bridgehead atoms. The highest BCUT2D eigenvalue weighted by atomic mass is 16.5. The monoisotopic (exact) mass is 259 g/mol. The Bertz CT molecular complexity index is 566. The maximum atomic E-state index is 12.3. The van der Waals surface area contributed by atoms with E-state index in [1.807, 2.05) is 19.1 Å². The number of methoxy groups -OCH3 is 1. The predicted octanol–water partition coefficient (Wildman–Crippen LogP) is 1.78. The molecule has 1 atom stereocenters. The maximum absolute atomic E-state index is 12.3. The van der Waals surface area contributed by atoms with Crippen LogP contribution >= 0.6 is 0 Å². The first kappa shape index (κ1) is 13.4. The Labute approximate surface area is 112 Å². The predicted molar refractivity (Wildman–Crippen MR) is 73.0 cm³/mol. The lowest BCUT2D eigenvalue weighted by Gasteiger charge is -2.16. The first-order valence-corrected chi connectivity index (χ1v) is 6.25. The fourth-order valence-electron chi connectivity index (χ4n) is 1.90. The van der Waals surface area contributed by atoms with Crippen LogP contribution in [0.4, 0.5) is 0 Å². The number of carbonyl (C=O) groups is 1. The zero-order valence-corrected chi connectivity index (χ0v) is 11.1. The Morgan fingerprint density at radius 3 is 2.89 bits per heavy atom. The first-order valence-electron chi connectivity index (χ1n) is 6.25. The van der Waals surface area contributed by atoms with Crippen molar-refractivity contribution < 1.29 is 9.53 Å². The SMILES string of the molecule is CC[C@@H](COC)NC(=O)c1cccc2nccnc12. The normalized spacial score (nSPS) is 12.3. The van der Waals surface area contributed by atoms with Gasteiger partial charge in [0.1, 0.15) is 5.52 Å². The standard InChI is InChI=1S/C14H17N3O2/c1-3-10(9-19-2)17-14(18)11-5-4-6-12-13(11)16-8-7-15-12/h4-8,10H,3,9H2,1-2H3,(H,17,18)/t10-/m0/s1. The third-order valence-corrected chi connectivity index (χ3v) is 2.94. The molecular formula is C14H17N3O2. The maximum Gasteiger partial charge on any atom is 0.253 e. The number of nitrogens with zero attached hydrogens (tertiary/aromatic N) is 2. The first-order chi connectivity index (χ1) is 9.26. The van der Waals surface area contributed by atoms with Crippen LogP contribution in [0.15, 0.2) is 30.6 Å². The van der Waals surface area contributed by atoms with Crippen molar-refractivity contribution in [3.63, 3.8) is 0 Å². The van der Waals surface area contributed by atoms with Crippen molar-refractivity contribution in [2.45, 2.75) is 19.4 Å². The van der Waals surface area contributed by atoms with Gasteiger partial charge in [-0.05, 0) is 18.6 Å². The van der Waals surface area contributed by atoms with Crippen LogP contribution in [0, 0.1) is 0 Å². The van der Waals surface area contributed by atoms with Crippen LogP contribution in [0.25, 0.3) is 11.0 Å². The molecule has 1 aromatic heterocycles. The number of hydrogen-bond acceptors (Lipinski definition) is 4. The van der Waals surface area contributed by atoms with E-state index >= 15 is 0 Å². The van der Waals surface area contributed by atoms with Crippen LogP contribution in [0.2, 0.25) is 0 Å². The molecule has 1 heterocycles. The van der Waals surface area contributed by atoms with Gasteiger partial charge in [0.05, 0.1) is 23.7 Å². The summed E-state index contributed by atoms with van der Waals surface area (Å²) in [4.78, 5) is 20.7. The largest absolute Gasteiger partial charge is 0.383 e. The summed E-state index contributed by atoms with van der Waals surface area (Å²) in [6.45, 7) is 2.51. The Morgan fingerprint density at radius 2 is 2.16 bits per heavy atom. The summed E-state index contributed by atoms with van der Waals surface area (Å²) >= 11 is 0. The molecule has 0 aliphatic rings. The summed E-state index contributed by atoms with van der Waals surface area (Å²) in [6.07, 6.45) is 4.02. The molecule has 2 rings (SSSR count). The van der Waals surface area contributed by atoms with Crippen molar-refractivity contribution in [1.82, 2.24) is 15.3 Å². The van der Waals surface area contributed by atoms with Gasteiger partial charge in [0.25, 0.3) is 5.91 Å². The molecular weight excluding hydrogens is 242 g/mol. The van der Waals surface area contributed by atoms with Gasteiger partial charge in [-0.25, -0.2) is 0 Å². The number of ether oxygens (including phenoxy) is 1. The Morgan fingerprint density at radius 1 is 1.37 bits per heavy atom. The van der Waals surface area contributed by atoms with Crippen LogP contribution in [-0.2, 0) is 4.74 Å². The molecule has 19 heavy (non-hydrogen) atoms. The molecule has 0 spiro atoms. The van der Waals surface area contributed by atoms with Gasteiger partial charge in [-0.15, -0.1) is 0 Å². The second-order valence-corrected chi connectivity index (χ2v) is 4.26. The number of fused-ring (bicyclic) bond motifs is 1. The summed E-state index contributed by atoms with van der Waals surface area (Å²) in [6, 6.07) is 5.41. The van der Waals surface area contributed by atoms with E-state index in [0.717, 1.165) is 11.9 Å². The van der Waals surface area contributed by atoms with E-state index < -0.39 is 0 Å². The van der Waals surface area contributed by atoms with E-state index in [1.54, 1.807) is 25.6 Å². The molecule has 2 aromatic rings. The van der Waals surface area contributed by atoms with E-state index in [2.05, 4.69) is 15.3 Å². The number of amides is 1. The third kappa shape index (κ3) is 3.06. The second-order valence-electron chi connectivity index (χ2n) is 4.26. The minimum Gasteiger partial charge on any atom is -0.383 e. The number of carbonyl (C=O) groups excluding carboxylic acids is 1. The van der Waals surface area contributed by atoms with Crippen LogP contribution in [-0.4, -0.2) is 35.6 Å². The van der Waals surface area contributed by atoms with Gasteiger partial charge in [0.2, 0.25) is 0 Å². The molecule has 0 aliphatic carbocycles. The summed E-state index contributed by atoms with van der Waals surface area (Å²) in [5.41, 5.74) is 1.88. The van der Waals surface area contributed by atoms with Gasteiger partial charge < -0.3 is 10.1 Å². The Hall–Kier alpha value is -2.01. The molecule has 100 valence electrons. The molecule has 0 fully saturated rings. The van der Waals surface area contributed by atoms with Gasteiger partial charge >= 0.3 is 0 Å². The third-order valence-electron chi connectivity index (χ3n) is 2.94. The van der Waals surface area contributed by atoms with Gasteiger partial charge in [-0.1, -0.05) is 13.0 Å². The number of benzene rings is 1. The van der Waals surface area contributed by atoms with Crippen LogP contribution < -0.4 is 5.32 Å². The number of rotatable bonds is 5. The highest BCUT2D eigenvalue weighted by Gasteiger charge is 2.15. The molecule has 0 aliphatic heterocycles. The van der Waals surface area contributed by atoms with E-state index in [9.17, 15) is 4.79 Å². The smallest absolute Gasteiger partial charge is 0.253 e. The van der Waals surface area contributed by atoms with Crippen LogP contribution in [0.3, 0.4) is 0 Å². The molecule has 1 N–H and O–H groups in total. The van der Waals surface area contributed by atoms with Crippen molar-refractivity contribution in [2.75, 3.05) is 13.7 Å². The molecule has 1 aromatic carbocycles. The minimum atomic E-state index is -0.144.